The van der Waals surface area contributed by atoms with Crippen LogP contribution in [-0.2, 0) is 15.3 Å². The summed E-state index contributed by atoms with van der Waals surface area (Å²) in [7, 11) is 0. The van der Waals surface area contributed by atoms with Crippen molar-refractivity contribution in [3.05, 3.63) is 71.8 Å². The number of piperidine rings is 1. The number of esters is 1. The normalized spacial score (nSPS) is 17.9. The highest BCUT2D eigenvalue weighted by Gasteiger charge is 2.30. The monoisotopic (exact) mass is 573 g/mol. The number of aromatic nitrogens is 2. The zero-order chi connectivity index (χ0) is 28.6. The first-order valence-corrected chi connectivity index (χ1v) is 15.6. The van der Waals surface area contributed by atoms with Gasteiger partial charge in [-0.25, -0.2) is 9.97 Å². The van der Waals surface area contributed by atoms with Crippen LogP contribution < -0.4 is 4.90 Å². The molecule has 41 heavy (non-hydrogen) atoms. The van der Waals surface area contributed by atoms with Gasteiger partial charge in [0.2, 0.25) is 0 Å². The third-order valence-corrected chi connectivity index (χ3v) is 8.69. The third kappa shape index (κ3) is 7.45. The molecule has 3 heterocycles. The third-order valence-electron chi connectivity index (χ3n) is 7.78. The van der Waals surface area contributed by atoms with Gasteiger partial charge in [-0.3, -0.25) is 9.59 Å². The topological polar surface area (TPSA) is 78.9 Å². The molecule has 1 amide bonds. The van der Waals surface area contributed by atoms with Crippen LogP contribution in [0.2, 0.25) is 0 Å². The Morgan fingerprint density at radius 3 is 2.51 bits per heavy atom. The minimum atomic E-state index is -0.250. The number of benzene rings is 2. The molecule has 2 fully saturated rings. The van der Waals surface area contributed by atoms with Crippen molar-refractivity contribution < 1.29 is 14.3 Å². The summed E-state index contributed by atoms with van der Waals surface area (Å²) in [6, 6.07) is 20.1. The minimum Gasteiger partial charge on any atom is -0.466 e. The van der Waals surface area contributed by atoms with Crippen LogP contribution in [0, 0.1) is 5.92 Å². The van der Waals surface area contributed by atoms with Crippen LogP contribution in [0.15, 0.2) is 65.8 Å². The van der Waals surface area contributed by atoms with Crippen LogP contribution in [0.25, 0.3) is 11.3 Å². The van der Waals surface area contributed by atoms with Gasteiger partial charge in [-0.1, -0.05) is 61.2 Å². The van der Waals surface area contributed by atoms with E-state index in [0.717, 1.165) is 73.4 Å². The number of ether oxygens (including phenoxy) is 1. The Bertz CT molecular complexity index is 1330. The number of likely N-dealkylation sites (tertiary alicyclic amines) is 1. The molecule has 2 aliphatic heterocycles. The lowest BCUT2D eigenvalue weighted by atomic mass is 9.97. The quantitative estimate of drug-likeness (QED) is 0.201. The number of thioether (sulfide) groups is 1. The molecule has 5 rings (SSSR count). The fourth-order valence-corrected chi connectivity index (χ4v) is 6.22. The number of amides is 1. The second-order valence-electron chi connectivity index (χ2n) is 10.5. The Hall–Kier alpha value is -3.43. The van der Waals surface area contributed by atoms with Crippen LogP contribution in [0.3, 0.4) is 0 Å². The summed E-state index contributed by atoms with van der Waals surface area (Å²) < 4.78 is 5.21. The lowest BCUT2D eigenvalue weighted by Crippen LogP contribution is -2.46. The number of likely N-dealkylation sites (N-methyl/N-ethyl adjacent to an activating group) is 1. The van der Waals surface area contributed by atoms with Crippen LogP contribution in [-0.4, -0.2) is 84.1 Å². The van der Waals surface area contributed by atoms with Gasteiger partial charge in [0.25, 0.3) is 5.91 Å². The van der Waals surface area contributed by atoms with Crippen LogP contribution >= 0.6 is 11.8 Å². The number of anilines is 1. The molecule has 2 aliphatic rings. The van der Waals surface area contributed by atoms with Crippen molar-refractivity contribution in [1.82, 2.24) is 19.8 Å². The Labute approximate surface area is 247 Å². The van der Waals surface area contributed by atoms with Crippen molar-refractivity contribution in [2.45, 2.75) is 37.6 Å². The predicted octanol–water partition coefficient (Wildman–Crippen LogP) is 4.99. The second-order valence-corrected chi connectivity index (χ2v) is 11.5. The molecule has 3 aromatic rings. The maximum atomic E-state index is 13.4. The lowest BCUT2D eigenvalue weighted by molar-refractivity contribution is -0.149. The number of carbonyl (C=O) groups is 2. The lowest BCUT2D eigenvalue weighted by Gasteiger charge is -2.35. The molecule has 9 heteroatoms. The van der Waals surface area contributed by atoms with Crippen LogP contribution in [0.5, 0.6) is 0 Å². The van der Waals surface area contributed by atoms with E-state index >= 15 is 0 Å². The maximum absolute atomic E-state index is 13.4. The van der Waals surface area contributed by atoms with E-state index in [1.54, 1.807) is 16.7 Å². The van der Waals surface area contributed by atoms with Crippen molar-refractivity contribution >= 4 is 29.5 Å². The molecule has 1 atom stereocenters. The molecule has 0 radical (unpaired) electrons. The van der Waals surface area contributed by atoms with Crippen molar-refractivity contribution in [3.63, 3.8) is 0 Å². The van der Waals surface area contributed by atoms with E-state index in [9.17, 15) is 9.59 Å². The summed E-state index contributed by atoms with van der Waals surface area (Å²) in [5, 5.41) is 0.726. The summed E-state index contributed by atoms with van der Waals surface area (Å²) in [5.41, 5.74) is 3.66. The van der Waals surface area contributed by atoms with Crippen LogP contribution in [0.4, 0.5) is 5.82 Å². The average Bonchev–Trinajstić information content (AvgIpc) is 3.04. The smallest absolute Gasteiger partial charge is 0.310 e. The number of carbonyl (C=O) groups excluding carboxylic acids is 2. The summed E-state index contributed by atoms with van der Waals surface area (Å²) in [6.45, 7) is 10.5. The van der Waals surface area contributed by atoms with E-state index in [-0.39, 0.29) is 17.8 Å². The van der Waals surface area contributed by atoms with Crippen molar-refractivity contribution in [1.29, 1.82) is 0 Å². The Morgan fingerprint density at radius 1 is 0.951 bits per heavy atom. The Morgan fingerprint density at radius 2 is 1.76 bits per heavy atom. The van der Waals surface area contributed by atoms with Crippen LogP contribution in [0.1, 0.15) is 42.6 Å². The molecule has 1 aromatic heterocycles. The van der Waals surface area contributed by atoms with Gasteiger partial charge in [0.1, 0.15) is 5.82 Å². The highest BCUT2D eigenvalue weighted by Crippen LogP contribution is 2.28. The second kappa shape index (κ2) is 14.0. The Kier molecular flexibility index (Phi) is 9.90. The first-order valence-electron chi connectivity index (χ1n) is 14.6. The minimum absolute atomic E-state index is 0.0401. The van der Waals surface area contributed by atoms with Gasteiger partial charge in [-0.05, 0) is 44.0 Å². The largest absolute Gasteiger partial charge is 0.466 e. The molecule has 0 N–H and O–H groups in total. The first kappa shape index (κ1) is 29.1. The molecule has 0 spiro atoms. The van der Waals surface area contributed by atoms with Crippen molar-refractivity contribution in [2.24, 2.45) is 5.92 Å². The summed E-state index contributed by atoms with van der Waals surface area (Å²) in [4.78, 5) is 42.1. The molecule has 0 bridgehead atoms. The zero-order valence-corrected chi connectivity index (χ0v) is 24.8. The number of rotatable bonds is 9. The molecular weight excluding hydrogens is 534 g/mol. The average molecular weight is 574 g/mol. The van der Waals surface area contributed by atoms with E-state index in [1.807, 2.05) is 49.4 Å². The van der Waals surface area contributed by atoms with E-state index in [4.69, 9.17) is 14.7 Å². The van der Waals surface area contributed by atoms with Gasteiger partial charge in [-0.2, -0.15) is 0 Å². The van der Waals surface area contributed by atoms with Gasteiger partial charge >= 0.3 is 5.97 Å². The van der Waals surface area contributed by atoms with Gasteiger partial charge < -0.3 is 19.4 Å². The fourth-order valence-electron chi connectivity index (χ4n) is 5.43. The Balaban J connectivity index is 1.30. The highest BCUT2D eigenvalue weighted by atomic mass is 32.2. The molecular formula is C32H39N5O3S. The van der Waals surface area contributed by atoms with E-state index in [1.165, 1.54) is 0 Å². The number of nitrogens with zero attached hydrogens (tertiary/aromatic N) is 5. The molecule has 8 nitrogen and oxygen atoms in total. The zero-order valence-electron chi connectivity index (χ0n) is 24.0. The number of hydrogen-bond acceptors (Lipinski definition) is 8. The molecule has 2 saturated heterocycles. The van der Waals surface area contributed by atoms with Gasteiger partial charge in [0, 0.05) is 62.2 Å². The van der Waals surface area contributed by atoms with E-state index in [0.29, 0.717) is 31.0 Å². The highest BCUT2D eigenvalue weighted by molar-refractivity contribution is 7.98. The van der Waals surface area contributed by atoms with Gasteiger partial charge in [0.05, 0.1) is 18.2 Å². The fraction of sp³-hybridized carbons (Fsp3) is 0.438. The molecule has 216 valence electrons. The molecule has 0 unspecified atom stereocenters. The van der Waals surface area contributed by atoms with E-state index < -0.39 is 0 Å². The standard InChI is InChI=1S/C32H39N5O3S/c1-3-35-16-18-36(19-17-35)29-21-28(25-11-6-5-7-12-25)33-32(34-29)41-23-24-10-8-13-26(20-24)30(38)37-15-9-14-27(22-37)31(39)40-4-2/h5-8,10-13,20-21,27H,3-4,9,14-19,22-23H2,1-2H3/t27-/m1/s1. The SMILES string of the molecule is CCOC(=O)[C@@H]1CCCN(C(=O)c2cccc(CSc3nc(-c4ccccc4)cc(N4CCN(CC)CC4)n3)c2)C1. The molecule has 0 saturated carbocycles. The van der Waals surface area contributed by atoms with Gasteiger partial charge in [-0.15, -0.1) is 0 Å². The molecule has 0 aliphatic carbocycles. The predicted molar refractivity (Wildman–Crippen MR) is 163 cm³/mol. The number of piperazine rings is 1. The first-order chi connectivity index (χ1) is 20.0. The maximum Gasteiger partial charge on any atom is 0.310 e. The van der Waals surface area contributed by atoms with Gasteiger partial charge in [0.15, 0.2) is 5.16 Å². The van der Waals surface area contributed by atoms with Crippen molar-refractivity contribution in [3.8, 4) is 11.3 Å². The summed E-state index contributed by atoms with van der Waals surface area (Å²) >= 11 is 1.59. The molecule has 2 aromatic carbocycles. The van der Waals surface area contributed by atoms with E-state index in [2.05, 4.69) is 34.9 Å². The number of hydrogen-bond donors (Lipinski definition) is 0. The summed E-state index contributed by atoms with van der Waals surface area (Å²) in [5.74, 6) is 1.11. The summed E-state index contributed by atoms with van der Waals surface area (Å²) in [6.07, 6.45) is 1.56. The van der Waals surface area contributed by atoms with Crippen molar-refractivity contribution in [2.75, 3.05) is 57.3 Å².